The molecular weight excluding hydrogens is 198 g/mol. The Balaban J connectivity index is 2.04. The fourth-order valence-corrected chi connectivity index (χ4v) is 2.05. The van der Waals surface area contributed by atoms with Crippen molar-refractivity contribution in [3.63, 3.8) is 0 Å². The second-order valence-corrected chi connectivity index (χ2v) is 4.56. The zero-order valence-electron chi connectivity index (χ0n) is 10.1. The summed E-state index contributed by atoms with van der Waals surface area (Å²) in [5.74, 6) is 1.76. The van der Waals surface area contributed by atoms with Crippen molar-refractivity contribution < 1.29 is 4.74 Å². The van der Waals surface area contributed by atoms with Gasteiger partial charge in [0, 0.05) is 5.71 Å². The lowest BCUT2D eigenvalue weighted by atomic mass is 9.89. The van der Waals surface area contributed by atoms with Crippen molar-refractivity contribution in [2.45, 2.75) is 32.6 Å². The van der Waals surface area contributed by atoms with Crippen LogP contribution in [-0.2, 0) is 0 Å². The molecular formula is C14H19NO. The van der Waals surface area contributed by atoms with Crippen molar-refractivity contribution in [1.82, 2.24) is 0 Å². The molecule has 0 aromatic heterocycles. The van der Waals surface area contributed by atoms with E-state index in [4.69, 9.17) is 4.74 Å². The number of methoxy groups -OCH3 is 1. The van der Waals surface area contributed by atoms with Crippen molar-refractivity contribution in [3.05, 3.63) is 24.3 Å². The monoisotopic (exact) mass is 217 g/mol. The van der Waals surface area contributed by atoms with Gasteiger partial charge in [-0.1, -0.05) is 6.92 Å². The Morgan fingerprint density at radius 3 is 2.31 bits per heavy atom. The highest BCUT2D eigenvalue weighted by Crippen LogP contribution is 2.25. The Morgan fingerprint density at radius 2 is 1.75 bits per heavy atom. The van der Waals surface area contributed by atoms with Crippen molar-refractivity contribution >= 4 is 11.4 Å². The number of hydrogen-bond donors (Lipinski definition) is 0. The molecule has 0 heterocycles. The number of nitrogens with zero attached hydrogens (tertiary/aromatic N) is 1. The van der Waals surface area contributed by atoms with E-state index in [0.717, 1.165) is 30.2 Å². The van der Waals surface area contributed by atoms with E-state index in [-0.39, 0.29) is 0 Å². The SMILES string of the molecule is COc1ccc(N=C2CCC(C)CC2)cc1. The molecule has 1 aliphatic carbocycles. The molecule has 0 atom stereocenters. The van der Waals surface area contributed by atoms with Gasteiger partial charge in [-0.2, -0.15) is 0 Å². The van der Waals surface area contributed by atoms with Gasteiger partial charge >= 0.3 is 0 Å². The molecule has 0 amide bonds. The molecule has 16 heavy (non-hydrogen) atoms. The molecule has 0 aliphatic heterocycles. The van der Waals surface area contributed by atoms with Crippen LogP contribution in [0.25, 0.3) is 0 Å². The summed E-state index contributed by atoms with van der Waals surface area (Å²) in [4.78, 5) is 4.69. The first-order chi connectivity index (χ1) is 7.78. The van der Waals surface area contributed by atoms with Gasteiger partial charge in [0.15, 0.2) is 0 Å². The Bertz CT molecular complexity index is 357. The minimum Gasteiger partial charge on any atom is -0.497 e. The van der Waals surface area contributed by atoms with Crippen LogP contribution in [0, 0.1) is 5.92 Å². The summed E-state index contributed by atoms with van der Waals surface area (Å²) in [6, 6.07) is 7.96. The first-order valence-electron chi connectivity index (χ1n) is 5.98. The first-order valence-corrected chi connectivity index (χ1v) is 5.98. The van der Waals surface area contributed by atoms with Crippen LogP contribution in [0.5, 0.6) is 5.75 Å². The summed E-state index contributed by atoms with van der Waals surface area (Å²) in [5.41, 5.74) is 2.40. The summed E-state index contributed by atoms with van der Waals surface area (Å²) < 4.78 is 5.12. The van der Waals surface area contributed by atoms with Gasteiger partial charge in [0.25, 0.3) is 0 Å². The minimum atomic E-state index is 0.870. The molecule has 1 saturated carbocycles. The van der Waals surface area contributed by atoms with E-state index in [0.29, 0.717) is 0 Å². The van der Waals surface area contributed by atoms with Gasteiger partial charge in [-0.3, -0.25) is 4.99 Å². The zero-order valence-corrected chi connectivity index (χ0v) is 10.1. The molecule has 1 aliphatic rings. The zero-order chi connectivity index (χ0) is 11.4. The normalized spacial score (nSPS) is 20.6. The number of hydrogen-bond acceptors (Lipinski definition) is 2. The van der Waals surface area contributed by atoms with Gasteiger partial charge in [-0.15, -0.1) is 0 Å². The average molecular weight is 217 g/mol. The third-order valence-corrected chi connectivity index (χ3v) is 3.21. The smallest absolute Gasteiger partial charge is 0.119 e. The van der Waals surface area contributed by atoms with Gasteiger partial charge in [0.1, 0.15) is 5.75 Å². The molecule has 2 rings (SSSR count). The number of ether oxygens (including phenoxy) is 1. The molecule has 2 nitrogen and oxygen atoms in total. The molecule has 2 heteroatoms. The maximum Gasteiger partial charge on any atom is 0.119 e. The topological polar surface area (TPSA) is 21.6 Å². The highest BCUT2D eigenvalue weighted by atomic mass is 16.5. The number of rotatable bonds is 2. The van der Waals surface area contributed by atoms with E-state index in [2.05, 4.69) is 11.9 Å². The Kier molecular flexibility index (Phi) is 3.60. The summed E-state index contributed by atoms with van der Waals surface area (Å²) in [6.45, 7) is 2.32. The van der Waals surface area contributed by atoms with Crippen molar-refractivity contribution in [2.24, 2.45) is 10.9 Å². The molecule has 0 saturated heterocycles. The van der Waals surface area contributed by atoms with Crippen LogP contribution >= 0.6 is 0 Å². The molecule has 0 spiro atoms. The lowest BCUT2D eigenvalue weighted by molar-refractivity contribution is 0.415. The summed E-state index contributed by atoms with van der Waals surface area (Å²) in [7, 11) is 1.68. The predicted molar refractivity (Wildman–Crippen MR) is 67.7 cm³/mol. The van der Waals surface area contributed by atoms with E-state index in [1.165, 1.54) is 18.6 Å². The molecule has 1 aromatic rings. The standard InChI is InChI=1S/C14H19NO/c1-11-3-5-12(6-4-11)15-13-7-9-14(16-2)10-8-13/h7-11H,3-6H2,1-2H3. The molecule has 0 radical (unpaired) electrons. The molecule has 0 unspecified atom stereocenters. The van der Waals surface area contributed by atoms with E-state index in [9.17, 15) is 0 Å². The van der Waals surface area contributed by atoms with E-state index in [1.807, 2.05) is 24.3 Å². The van der Waals surface area contributed by atoms with E-state index >= 15 is 0 Å². The lowest BCUT2D eigenvalue weighted by Gasteiger charge is -2.18. The Hall–Kier alpha value is -1.31. The van der Waals surface area contributed by atoms with Gasteiger partial charge in [-0.25, -0.2) is 0 Å². The van der Waals surface area contributed by atoms with Gasteiger partial charge in [0.05, 0.1) is 12.8 Å². The second-order valence-electron chi connectivity index (χ2n) is 4.56. The number of benzene rings is 1. The van der Waals surface area contributed by atoms with Gasteiger partial charge in [0.2, 0.25) is 0 Å². The van der Waals surface area contributed by atoms with Gasteiger partial charge in [-0.05, 0) is 55.9 Å². The van der Waals surface area contributed by atoms with Crippen LogP contribution in [0.1, 0.15) is 32.6 Å². The molecule has 0 bridgehead atoms. The summed E-state index contributed by atoms with van der Waals surface area (Å²) in [5, 5.41) is 0. The van der Waals surface area contributed by atoms with Crippen LogP contribution in [0.15, 0.2) is 29.3 Å². The minimum absolute atomic E-state index is 0.870. The lowest BCUT2D eigenvalue weighted by Crippen LogP contribution is -2.11. The molecule has 1 aromatic carbocycles. The fraction of sp³-hybridized carbons (Fsp3) is 0.500. The Labute approximate surface area is 97.4 Å². The third kappa shape index (κ3) is 2.84. The predicted octanol–water partition coefficient (Wildman–Crippen LogP) is 3.98. The summed E-state index contributed by atoms with van der Waals surface area (Å²) in [6.07, 6.45) is 4.89. The number of aliphatic imine (C=N–C) groups is 1. The van der Waals surface area contributed by atoms with Gasteiger partial charge < -0.3 is 4.74 Å². The molecule has 0 N–H and O–H groups in total. The Morgan fingerprint density at radius 1 is 1.12 bits per heavy atom. The molecule has 1 fully saturated rings. The van der Waals surface area contributed by atoms with E-state index in [1.54, 1.807) is 7.11 Å². The van der Waals surface area contributed by atoms with Crippen molar-refractivity contribution in [2.75, 3.05) is 7.11 Å². The fourth-order valence-electron chi connectivity index (χ4n) is 2.05. The maximum atomic E-state index is 5.12. The first kappa shape index (κ1) is 11.2. The highest BCUT2D eigenvalue weighted by molar-refractivity contribution is 5.87. The van der Waals surface area contributed by atoms with Crippen LogP contribution in [0.2, 0.25) is 0 Å². The second kappa shape index (κ2) is 5.15. The largest absolute Gasteiger partial charge is 0.497 e. The third-order valence-electron chi connectivity index (χ3n) is 3.21. The highest BCUT2D eigenvalue weighted by Gasteiger charge is 2.13. The van der Waals surface area contributed by atoms with E-state index < -0.39 is 0 Å². The maximum absolute atomic E-state index is 5.12. The average Bonchev–Trinajstić information content (AvgIpc) is 2.33. The van der Waals surface area contributed by atoms with Crippen molar-refractivity contribution in [1.29, 1.82) is 0 Å². The quantitative estimate of drug-likeness (QED) is 0.734. The van der Waals surface area contributed by atoms with Crippen molar-refractivity contribution in [3.8, 4) is 5.75 Å². The van der Waals surface area contributed by atoms with Crippen LogP contribution < -0.4 is 4.74 Å². The van der Waals surface area contributed by atoms with Crippen LogP contribution in [-0.4, -0.2) is 12.8 Å². The summed E-state index contributed by atoms with van der Waals surface area (Å²) >= 11 is 0. The van der Waals surface area contributed by atoms with Crippen LogP contribution in [0.4, 0.5) is 5.69 Å². The van der Waals surface area contributed by atoms with Crippen LogP contribution in [0.3, 0.4) is 0 Å². The molecule has 86 valence electrons.